The number of rotatable bonds is 2. The van der Waals surface area contributed by atoms with E-state index in [9.17, 15) is 9.59 Å². The van der Waals surface area contributed by atoms with Crippen molar-refractivity contribution in [2.45, 2.75) is 57.6 Å². The van der Waals surface area contributed by atoms with Crippen LogP contribution >= 0.6 is 11.3 Å². The number of benzene rings is 1. The number of nitrogens with zero attached hydrogens (tertiary/aromatic N) is 1. The van der Waals surface area contributed by atoms with E-state index in [-0.39, 0.29) is 22.9 Å². The molecule has 1 aromatic heterocycles. The number of piperidine rings is 2. The van der Waals surface area contributed by atoms with Crippen LogP contribution in [0.4, 0.5) is 0 Å². The van der Waals surface area contributed by atoms with Crippen molar-refractivity contribution in [3.8, 4) is 0 Å². The lowest BCUT2D eigenvalue weighted by molar-refractivity contribution is -0.937. The third-order valence-electron chi connectivity index (χ3n) is 7.36. The van der Waals surface area contributed by atoms with Gasteiger partial charge in [0.05, 0.1) is 24.7 Å². The van der Waals surface area contributed by atoms with Crippen LogP contribution in [0.2, 0.25) is 0 Å². The zero-order valence-corrected chi connectivity index (χ0v) is 18.7. The van der Waals surface area contributed by atoms with E-state index >= 15 is 0 Å². The van der Waals surface area contributed by atoms with Gasteiger partial charge in [-0.05, 0) is 32.8 Å². The number of esters is 1. The Balaban J connectivity index is 1.24. The summed E-state index contributed by atoms with van der Waals surface area (Å²) < 4.78 is 6.87. The average molecular weight is 428 g/mol. The Kier molecular flexibility index (Phi) is 4.90. The highest BCUT2D eigenvalue weighted by atomic mass is 32.1. The smallest absolute Gasteiger partial charge is 0.318 e. The largest absolute Gasteiger partial charge is 0.459 e. The van der Waals surface area contributed by atoms with Gasteiger partial charge >= 0.3 is 5.97 Å². The van der Waals surface area contributed by atoms with Crippen LogP contribution in [0.15, 0.2) is 29.6 Å². The molecule has 2 unspecified atom stereocenters. The van der Waals surface area contributed by atoms with E-state index in [2.05, 4.69) is 6.07 Å². The standard InChI is InChI=1S/C24H30N2O3S/c1-23(2)15-24(22(28)29-23)10-5-11-26(16-24)17-8-12-25(13-9-17)21(27)19-14-30-20-7-4-3-6-18(19)20/h3-4,6-7,14,17H,5,8-13,15-16H2,1-2H3/p+1. The van der Waals surface area contributed by atoms with Crippen molar-refractivity contribution < 1.29 is 19.2 Å². The van der Waals surface area contributed by atoms with Crippen molar-refractivity contribution in [2.75, 3.05) is 26.2 Å². The Bertz CT molecular complexity index is 976. The summed E-state index contributed by atoms with van der Waals surface area (Å²) in [4.78, 5) is 29.4. The summed E-state index contributed by atoms with van der Waals surface area (Å²) in [5.41, 5.74) is 0.215. The van der Waals surface area contributed by atoms with Gasteiger partial charge in [-0.25, -0.2) is 0 Å². The fourth-order valence-corrected chi connectivity index (χ4v) is 6.96. The molecule has 5 rings (SSSR count). The molecule has 4 heterocycles. The van der Waals surface area contributed by atoms with Crippen LogP contribution in [0.1, 0.15) is 56.3 Å². The second-order valence-corrected chi connectivity index (χ2v) is 10.9. The van der Waals surface area contributed by atoms with Crippen molar-refractivity contribution in [1.82, 2.24) is 4.90 Å². The van der Waals surface area contributed by atoms with Gasteiger partial charge in [-0.1, -0.05) is 18.2 Å². The van der Waals surface area contributed by atoms with Gasteiger partial charge in [0, 0.05) is 47.8 Å². The van der Waals surface area contributed by atoms with Crippen LogP contribution in [0.3, 0.4) is 0 Å². The molecular formula is C24H31N2O3S+. The molecule has 3 aliphatic heterocycles. The number of cyclic esters (lactones) is 1. The van der Waals surface area contributed by atoms with E-state index < -0.39 is 0 Å². The average Bonchev–Trinajstić information content (AvgIpc) is 3.25. The third-order valence-corrected chi connectivity index (χ3v) is 8.32. The molecule has 2 aromatic rings. The monoisotopic (exact) mass is 427 g/mol. The molecule has 0 saturated carbocycles. The molecule has 3 saturated heterocycles. The molecule has 1 N–H and O–H groups in total. The summed E-state index contributed by atoms with van der Waals surface area (Å²) in [5, 5.41) is 3.08. The molecule has 1 amide bonds. The zero-order chi connectivity index (χ0) is 20.9. The number of carbonyl (C=O) groups excluding carboxylic acids is 2. The quantitative estimate of drug-likeness (QED) is 0.750. The SMILES string of the molecule is CC1(C)CC2(CCC[NH+](C3CCN(C(=O)c4csc5ccccc45)CC3)C2)C(=O)O1. The minimum Gasteiger partial charge on any atom is -0.459 e. The molecule has 0 radical (unpaired) electrons. The number of hydrogen-bond acceptors (Lipinski definition) is 4. The minimum atomic E-state index is -0.335. The maximum atomic E-state index is 13.1. The van der Waals surface area contributed by atoms with Crippen LogP contribution in [0, 0.1) is 5.41 Å². The first-order chi connectivity index (χ1) is 14.4. The van der Waals surface area contributed by atoms with Gasteiger partial charge in [0.15, 0.2) is 0 Å². The number of ether oxygens (including phenoxy) is 1. The Morgan fingerprint density at radius 1 is 1.23 bits per heavy atom. The van der Waals surface area contributed by atoms with Gasteiger partial charge in [-0.15, -0.1) is 11.3 Å². The fourth-order valence-electron chi connectivity index (χ4n) is 6.03. The maximum Gasteiger partial charge on any atom is 0.318 e. The van der Waals surface area contributed by atoms with Crippen LogP contribution in [-0.4, -0.2) is 54.6 Å². The Morgan fingerprint density at radius 2 is 2.00 bits per heavy atom. The zero-order valence-electron chi connectivity index (χ0n) is 17.9. The Labute approximate surface area is 182 Å². The van der Waals surface area contributed by atoms with Gasteiger partial charge in [-0.3, -0.25) is 9.59 Å². The summed E-state index contributed by atoms with van der Waals surface area (Å²) >= 11 is 1.64. The molecule has 1 aromatic carbocycles. The topological polar surface area (TPSA) is 51.0 Å². The summed E-state index contributed by atoms with van der Waals surface area (Å²) in [6, 6.07) is 8.68. The van der Waals surface area contributed by atoms with Crippen LogP contribution < -0.4 is 4.90 Å². The van der Waals surface area contributed by atoms with E-state index in [0.29, 0.717) is 6.04 Å². The number of fused-ring (bicyclic) bond motifs is 1. The van der Waals surface area contributed by atoms with E-state index in [1.807, 2.05) is 42.3 Å². The lowest BCUT2D eigenvalue weighted by Crippen LogP contribution is -3.18. The Morgan fingerprint density at radius 3 is 2.73 bits per heavy atom. The van der Waals surface area contributed by atoms with Crippen LogP contribution in [-0.2, 0) is 9.53 Å². The van der Waals surface area contributed by atoms with Crippen molar-refractivity contribution >= 4 is 33.3 Å². The molecule has 6 heteroatoms. The number of likely N-dealkylation sites (tertiary alicyclic amines) is 2. The summed E-state index contributed by atoms with van der Waals surface area (Å²) in [6.07, 6.45) is 4.90. The van der Waals surface area contributed by atoms with Crippen molar-refractivity contribution in [3.05, 3.63) is 35.2 Å². The fraction of sp³-hybridized carbons (Fsp3) is 0.583. The van der Waals surface area contributed by atoms with Gasteiger partial charge in [-0.2, -0.15) is 0 Å². The van der Waals surface area contributed by atoms with E-state index in [0.717, 1.165) is 69.2 Å². The Hall–Kier alpha value is -1.92. The third kappa shape index (κ3) is 3.44. The van der Waals surface area contributed by atoms with Gasteiger partial charge < -0.3 is 14.5 Å². The highest BCUT2D eigenvalue weighted by molar-refractivity contribution is 7.17. The molecule has 1 spiro atoms. The number of hydrogen-bond donors (Lipinski definition) is 1. The second kappa shape index (κ2) is 7.34. The first kappa shape index (κ1) is 20.0. The summed E-state index contributed by atoms with van der Waals surface area (Å²) in [7, 11) is 0. The highest BCUT2D eigenvalue weighted by Crippen LogP contribution is 2.43. The van der Waals surface area contributed by atoms with Crippen LogP contribution in [0.5, 0.6) is 0 Å². The predicted octanol–water partition coefficient (Wildman–Crippen LogP) is 2.90. The van der Waals surface area contributed by atoms with Crippen molar-refractivity contribution in [1.29, 1.82) is 0 Å². The number of amides is 1. The van der Waals surface area contributed by atoms with Gasteiger partial charge in [0.2, 0.25) is 0 Å². The molecule has 160 valence electrons. The minimum absolute atomic E-state index is 0.0154. The molecule has 3 fully saturated rings. The normalized spacial score (nSPS) is 29.5. The molecule has 0 aliphatic carbocycles. The maximum absolute atomic E-state index is 13.1. The van der Waals surface area contributed by atoms with Gasteiger partial charge in [0.25, 0.3) is 5.91 Å². The molecule has 0 bridgehead atoms. The number of quaternary nitrogens is 1. The van der Waals surface area contributed by atoms with Crippen molar-refractivity contribution in [3.63, 3.8) is 0 Å². The predicted molar refractivity (Wildman–Crippen MR) is 118 cm³/mol. The van der Waals surface area contributed by atoms with Crippen LogP contribution in [0.25, 0.3) is 10.1 Å². The van der Waals surface area contributed by atoms with E-state index in [1.165, 1.54) is 4.70 Å². The first-order valence-corrected chi connectivity index (χ1v) is 12.1. The second-order valence-electron chi connectivity index (χ2n) is 10.0. The number of nitrogens with one attached hydrogen (secondary N) is 1. The molecular weight excluding hydrogens is 396 g/mol. The number of carbonyl (C=O) groups is 2. The van der Waals surface area contributed by atoms with Gasteiger partial charge in [0.1, 0.15) is 11.0 Å². The molecule has 5 nitrogen and oxygen atoms in total. The summed E-state index contributed by atoms with van der Waals surface area (Å²) in [6.45, 7) is 7.70. The van der Waals surface area contributed by atoms with E-state index in [1.54, 1.807) is 16.2 Å². The summed E-state index contributed by atoms with van der Waals surface area (Å²) in [5.74, 6) is 0.179. The molecule has 3 aliphatic rings. The highest BCUT2D eigenvalue weighted by Gasteiger charge is 2.56. The lowest BCUT2D eigenvalue weighted by Gasteiger charge is -2.42. The lowest BCUT2D eigenvalue weighted by atomic mass is 9.74. The molecule has 30 heavy (non-hydrogen) atoms. The van der Waals surface area contributed by atoms with Crippen molar-refractivity contribution in [2.24, 2.45) is 5.41 Å². The number of thiophene rings is 1. The molecule has 2 atom stereocenters. The van der Waals surface area contributed by atoms with E-state index in [4.69, 9.17) is 4.74 Å². The first-order valence-electron chi connectivity index (χ1n) is 11.2.